The van der Waals surface area contributed by atoms with Gasteiger partial charge in [-0.1, -0.05) is 30.3 Å². The van der Waals surface area contributed by atoms with Crippen molar-refractivity contribution in [3.05, 3.63) is 82.2 Å². The number of nitrogens with one attached hydrogen (secondary N) is 1. The van der Waals surface area contributed by atoms with Crippen LogP contribution in [0, 0.1) is 0 Å². The maximum absolute atomic E-state index is 12.5. The second-order valence-electron chi connectivity index (χ2n) is 7.04. The predicted octanol–water partition coefficient (Wildman–Crippen LogP) is 3.84. The standard InChI is InChI=1S/C23H21NO5S/c1-13-19(22(25)26)20(21-17(24-13)11-29-23(21)27)16-5-3-4-6-18(16)30-12-14-7-9-15(28-2)10-8-14/h3-10,20,24H,11-12H2,1-2H3,(H,25,26). The summed E-state index contributed by atoms with van der Waals surface area (Å²) in [7, 11) is 1.63. The van der Waals surface area contributed by atoms with Gasteiger partial charge in [-0.2, -0.15) is 0 Å². The first kappa shape index (κ1) is 20.1. The summed E-state index contributed by atoms with van der Waals surface area (Å²) in [6.07, 6.45) is 0. The molecule has 1 unspecified atom stereocenters. The van der Waals surface area contributed by atoms with E-state index in [1.807, 2.05) is 48.5 Å². The van der Waals surface area contributed by atoms with Gasteiger partial charge in [0.05, 0.1) is 29.9 Å². The quantitative estimate of drug-likeness (QED) is 0.539. The molecule has 1 atom stereocenters. The third-order valence-corrected chi connectivity index (χ3v) is 6.39. The molecule has 2 aromatic rings. The minimum Gasteiger partial charge on any atom is -0.497 e. The molecule has 154 valence electrons. The van der Waals surface area contributed by atoms with Gasteiger partial charge in [0.2, 0.25) is 0 Å². The summed E-state index contributed by atoms with van der Waals surface area (Å²) in [6, 6.07) is 15.5. The number of carbonyl (C=O) groups is 2. The van der Waals surface area contributed by atoms with E-state index in [4.69, 9.17) is 9.47 Å². The van der Waals surface area contributed by atoms with E-state index in [2.05, 4.69) is 5.32 Å². The number of carboxylic acids is 1. The molecule has 0 radical (unpaired) electrons. The molecule has 0 saturated carbocycles. The number of allylic oxidation sites excluding steroid dienone is 1. The molecule has 0 aromatic heterocycles. The van der Waals surface area contributed by atoms with Gasteiger partial charge in [0.25, 0.3) is 0 Å². The Hall–Kier alpha value is -3.19. The van der Waals surface area contributed by atoms with E-state index in [1.54, 1.807) is 25.8 Å². The lowest BCUT2D eigenvalue weighted by molar-refractivity contribution is -0.136. The van der Waals surface area contributed by atoms with E-state index >= 15 is 0 Å². The molecule has 2 heterocycles. The summed E-state index contributed by atoms with van der Waals surface area (Å²) in [4.78, 5) is 25.5. The Bertz CT molecular complexity index is 1070. The molecule has 0 saturated heterocycles. The van der Waals surface area contributed by atoms with Gasteiger partial charge in [0.15, 0.2) is 0 Å². The van der Waals surface area contributed by atoms with E-state index in [0.29, 0.717) is 22.7 Å². The van der Waals surface area contributed by atoms with Gasteiger partial charge in [-0.3, -0.25) is 0 Å². The zero-order valence-corrected chi connectivity index (χ0v) is 17.4. The Morgan fingerprint density at radius 1 is 1.23 bits per heavy atom. The molecular weight excluding hydrogens is 402 g/mol. The molecular formula is C23H21NO5S. The van der Waals surface area contributed by atoms with Crippen molar-refractivity contribution in [3.63, 3.8) is 0 Å². The van der Waals surface area contributed by atoms with E-state index in [-0.39, 0.29) is 12.2 Å². The zero-order chi connectivity index (χ0) is 21.3. The number of hydrogen-bond donors (Lipinski definition) is 2. The lowest BCUT2D eigenvalue weighted by atomic mass is 9.81. The highest BCUT2D eigenvalue weighted by Crippen LogP contribution is 2.44. The van der Waals surface area contributed by atoms with Gasteiger partial charge in [-0.05, 0) is 36.2 Å². The van der Waals surface area contributed by atoms with Crippen LogP contribution in [0.2, 0.25) is 0 Å². The third kappa shape index (κ3) is 3.68. The van der Waals surface area contributed by atoms with Crippen LogP contribution in [0.5, 0.6) is 5.75 Å². The number of hydrogen-bond acceptors (Lipinski definition) is 6. The van der Waals surface area contributed by atoms with Gasteiger partial charge in [0.1, 0.15) is 12.4 Å². The van der Waals surface area contributed by atoms with Crippen molar-refractivity contribution in [3.8, 4) is 5.75 Å². The number of aliphatic carboxylic acids is 1. The summed E-state index contributed by atoms with van der Waals surface area (Å²) in [5.74, 6) is -0.694. The van der Waals surface area contributed by atoms with Crippen LogP contribution in [0.3, 0.4) is 0 Å². The highest BCUT2D eigenvalue weighted by atomic mass is 32.2. The predicted molar refractivity (Wildman–Crippen MR) is 113 cm³/mol. The van der Waals surface area contributed by atoms with Gasteiger partial charge in [-0.15, -0.1) is 11.8 Å². The maximum Gasteiger partial charge on any atom is 0.337 e. The number of carboxylic acid groups (broad SMARTS) is 1. The SMILES string of the molecule is COc1ccc(CSc2ccccc2C2C(C(=O)O)=C(C)NC3=C2C(=O)OC3)cc1. The molecule has 2 N–H and O–H groups in total. The van der Waals surface area contributed by atoms with Crippen molar-refractivity contribution in [1.82, 2.24) is 5.32 Å². The van der Waals surface area contributed by atoms with E-state index in [9.17, 15) is 14.7 Å². The first-order valence-corrected chi connectivity index (χ1v) is 10.4. The average Bonchev–Trinajstić information content (AvgIpc) is 3.11. The number of thioether (sulfide) groups is 1. The van der Waals surface area contributed by atoms with Crippen LogP contribution < -0.4 is 10.1 Å². The molecule has 6 nitrogen and oxygen atoms in total. The number of methoxy groups -OCH3 is 1. The number of ether oxygens (including phenoxy) is 2. The summed E-state index contributed by atoms with van der Waals surface area (Å²) in [6.45, 7) is 1.85. The molecule has 7 heteroatoms. The lowest BCUT2D eigenvalue weighted by Gasteiger charge is -2.27. The molecule has 0 fully saturated rings. The highest BCUT2D eigenvalue weighted by Gasteiger charge is 2.42. The summed E-state index contributed by atoms with van der Waals surface area (Å²) in [5, 5.41) is 12.9. The van der Waals surface area contributed by atoms with Crippen molar-refractivity contribution in [2.24, 2.45) is 0 Å². The largest absolute Gasteiger partial charge is 0.497 e. The number of dihydropyridines is 1. The number of esters is 1. The Labute approximate surface area is 178 Å². The fraction of sp³-hybridized carbons (Fsp3) is 0.217. The molecule has 0 aliphatic carbocycles. The molecule has 30 heavy (non-hydrogen) atoms. The molecule has 4 rings (SSSR count). The Morgan fingerprint density at radius 3 is 2.67 bits per heavy atom. The van der Waals surface area contributed by atoms with E-state index in [0.717, 1.165) is 21.8 Å². The second kappa shape index (κ2) is 8.28. The topological polar surface area (TPSA) is 84.9 Å². The zero-order valence-electron chi connectivity index (χ0n) is 16.6. The van der Waals surface area contributed by atoms with Crippen molar-refractivity contribution in [2.75, 3.05) is 13.7 Å². The van der Waals surface area contributed by atoms with Crippen molar-refractivity contribution < 1.29 is 24.2 Å². The molecule has 0 bridgehead atoms. The minimum atomic E-state index is -1.05. The van der Waals surface area contributed by atoms with Crippen LogP contribution in [0.1, 0.15) is 24.0 Å². The van der Waals surface area contributed by atoms with Crippen LogP contribution in [-0.2, 0) is 20.1 Å². The van der Waals surface area contributed by atoms with Crippen LogP contribution >= 0.6 is 11.8 Å². The second-order valence-corrected chi connectivity index (χ2v) is 8.06. The summed E-state index contributed by atoms with van der Waals surface area (Å²) >= 11 is 1.61. The fourth-order valence-corrected chi connectivity index (χ4v) is 4.84. The molecule has 2 aliphatic heterocycles. The molecule has 2 aliphatic rings. The first-order valence-electron chi connectivity index (χ1n) is 9.45. The van der Waals surface area contributed by atoms with E-state index in [1.165, 1.54) is 0 Å². The smallest absolute Gasteiger partial charge is 0.337 e. The number of cyclic esters (lactones) is 1. The van der Waals surface area contributed by atoms with Crippen LogP contribution in [-0.4, -0.2) is 30.8 Å². The minimum absolute atomic E-state index is 0.135. The van der Waals surface area contributed by atoms with Crippen LogP contribution in [0.4, 0.5) is 0 Å². The Morgan fingerprint density at radius 2 is 1.97 bits per heavy atom. The lowest BCUT2D eigenvalue weighted by Crippen LogP contribution is -2.29. The number of carbonyl (C=O) groups excluding carboxylic acids is 1. The van der Waals surface area contributed by atoms with E-state index < -0.39 is 17.9 Å². The Balaban J connectivity index is 1.70. The monoisotopic (exact) mass is 423 g/mol. The maximum atomic E-state index is 12.5. The average molecular weight is 423 g/mol. The van der Waals surface area contributed by atoms with Crippen LogP contribution in [0.25, 0.3) is 0 Å². The van der Waals surface area contributed by atoms with Crippen molar-refractivity contribution >= 4 is 23.7 Å². The highest BCUT2D eigenvalue weighted by molar-refractivity contribution is 7.98. The van der Waals surface area contributed by atoms with Crippen molar-refractivity contribution in [1.29, 1.82) is 0 Å². The number of rotatable bonds is 6. The van der Waals surface area contributed by atoms with Gasteiger partial charge < -0.3 is 19.9 Å². The molecule has 0 spiro atoms. The number of benzene rings is 2. The van der Waals surface area contributed by atoms with Crippen molar-refractivity contribution in [2.45, 2.75) is 23.5 Å². The normalized spacial score (nSPS) is 18.1. The van der Waals surface area contributed by atoms with Gasteiger partial charge in [0, 0.05) is 16.3 Å². The van der Waals surface area contributed by atoms with Gasteiger partial charge in [-0.25, -0.2) is 9.59 Å². The Kier molecular flexibility index (Phi) is 5.55. The molecule has 2 aromatic carbocycles. The van der Waals surface area contributed by atoms with Gasteiger partial charge >= 0.3 is 11.9 Å². The first-order chi connectivity index (χ1) is 14.5. The fourth-order valence-electron chi connectivity index (χ4n) is 3.79. The molecule has 0 amide bonds. The third-order valence-electron chi connectivity index (χ3n) is 5.23. The summed E-state index contributed by atoms with van der Waals surface area (Å²) in [5.41, 5.74) is 3.63. The van der Waals surface area contributed by atoms with Crippen LogP contribution in [0.15, 0.2) is 76.0 Å². The summed E-state index contributed by atoms with van der Waals surface area (Å²) < 4.78 is 10.4.